The molecule has 2 N–H and O–H groups in total. The van der Waals surface area contributed by atoms with E-state index in [0.717, 1.165) is 33.1 Å². The summed E-state index contributed by atoms with van der Waals surface area (Å²) in [6, 6.07) is 7.59. The summed E-state index contributed by atoms with van der Waals surface area (Å²) in [5, 5.41) is 16.7. The molecule has 1 aromatic carbocycles. The molecule has 1 unspecified atom stereocenters. The predicted octanol–water partition coefficient (Wildman–Crippen LogP) is 5.09. The Balaban J connectivity index is 1.97. The lowest BCUT2D eigenvalue weighted by Crippen LogP contribution is -2.22. The van der Waals surface area contributed by atoms with Gasteiger partial charge in [-0.2, -0.15) is 4.68 Å². The van der Waals surface area contributed by atoms with Gasteiger partial charge in [0.2, 0.25) is 5.91 Å². The number of hydrogen-bond donors (Lipinski definition) is 2. The molecule has 1 heterocycles. The van der Waals surface area contributed by atoms with Crippen LogP contribution in [0.25, 0.3) is 0 Å². The van der Waals surface area contributed by atoms with E-state index in [0.29, 0.717) is 11.5 Å². The van der Waals surface area contributed by atoms with Crippen LogP contribution < -0.4 is 5.32 Å². The Morgan fingerprint density at radius 2 is 2.00 bits per heavy atom. The summed E-state index contributed by atoms with van der Waals surface area (Å²) < 4.78 is 1.94. The largest absolute Gasteiger partial charge is 0.463 e. The Bertz CT molecular complexity index is 894. The molecule has 0 bridgehead atoms. The van der Waals surface area contributed by atoms with Crippen molar-refractivity contribution in [3.8, 4) is 0 Å². The van der Waals surface area contributed by atoms with Crippen LogP contribution in [0.5, 0.6) is 0 Å². The average molecular weight is 434 g/mol. The Labute approximate surface area is 167 Å². The molecule has 1 amide bonds. The van der Waals surface area contributed by atoms with Gasteiger partial charge < -0.3 is 10.4 Å². The standard InChI is InChI=1S/C20H24BrN3O3/c1-11(13-6-5-7-14(21)10-13)18(25)22-17-15(20(2,3)4)16(12-8-9-12)24(23-17)19(26)27/h5-7,10-12H,8-9H2,1-4H3,(H,26,27)(H,22,23,25). The maximum atomic E-state index is 12.9. The van der Waals surface area contributed by atoms with Gasteiger partial charge in [-0.25, -0.2) is 4.79 Å². The number of carbonyl (C=O) groups excluding carboxylic acids is 1. The van der Waals surface area contributed by atoms with Gasteiger partial charge in [-0.3, -0.25) is 4.79 Å². The van der Waals surface area contributed by atoms with Crippen LogP contribution in [0.15, 0.2) is 28.7 Å². The Kier molecular flexibility index (Phi) is 5.16. The van der Waals surface area contributed by atoms with Gasteiger partial charge in [-0.1, -0.05) is 48.8 Å². The fourth-order valence-corrected chi connectivity index (χ4v) is 3.71. The van der Waals surface area contributed by atoms with Gasteiger partial charge in [0.1, 0.15) is 0 Å². The Hall–Kier alpha value is -2.15. The fraction of sp³-hybridized carbons (Fsp3) is 0.450. The first-order valence-corrected chi connectivity index (χ1v) is 9.82. The number of carboxylic acid groups (broad SMARTS) is 1. The smallest absolute Gasteiger partial charge is 0.432 e. The highest BCUT2D eigenvalue weighted by atomic mass is 79.9. The number of anilines is 1. The van der Waals surface area contributed by atoms with Crippen LogP contribution in [0.1, 0.15) is 69.2 Å². The minimum absolute atomic E-state index is 0.191. The molecular formula is C20H24BrN3O3. The van der Waals surface area contributed by atoms with Crippen molar-refractivity contribution < 1.29 is 14.7 Å². The van der Waals surface area contributed by atoms with Crippen LogP contribution in [0.4, 0.5) is 10.6 Å². The van der Waals surface area contributed by atoms with Gasteiger partial charge in [-0.05, 0) is 42.9 Å². The molecule has 1 fully saturated rings. The van der Waals surface area contributed by atoms with Crippen molar-refractivity contribution in [3.05, 3.63) is 45.6 Å². The number of benzene rings is 1. The number of hydrogen-bond acceptors (Lipinski definition) is 3. The maximum Gasteiger partial charge on any atom is 0.432 e. The molecule has 3 rings (SSSR count). The summed E-state index contributed by atoms with van der Waals surface area (Å²) >= 11 is 3.42. The molecule has 0 spiro atoms. The van der Waals surface area contributed by atoms with E-state index >= 15 is 0 Å². The van der Waals surface area contributed by atoms with E-state index in [1.165, 1.54) is 0 Å². The van der Waals surface area contributed by atoms with Crippen molar-refractivity contribution in [1.82, 2.24) is 9.78 Å². The molecule has 1 atom stereocenters. The van der Waals surface area contributed by atoms with E-state index in [4.69, 9.17) is 0 Å². The fourth-order valence-electron chi connectivity index (χ4n) is 3.29. The summed E-state index contributed by atoms with van der Waals surface area (Å²) in [5.74, 6) is -0.0692. The van der Waals surface area contributed by atoms with Gasteiger partial charge in [-0.15, -0.1) is 5.10 Å². The number of amides is 1. The molecule has 0 aliphatic heterocycles. The molecule has 0 saturated heterocycles. The summed E-state index contributed by atoms with van der Waals surface area (Å²) in [6.45, 7) is 7.85. The van der Waals surface area contributed by atoms with Crippen LogP contribution >= 0.6 is 15.9 Å². The maximum absolute atomic E-state index is 12.9. The predicted molar refractivity (Wildman–Crippen MR) is 108 cm³/mol. The van der Waals surface area contributed by atoms with Gasteiger partial charge in [0.25, 0.3) is 0 Å². The molecule has 2 aromatic rings. The first-order valence-electron chi connectivity index (χ1n) is 9.02. The highest BCUT2D eigenvalue weighted by Crippen LogP contribution is 2.47. The molecule has 1 aliphatic rings. The van der Waals surface area contributed by atoms with E-state index in [1.807, 2.05) is 52.0 Å². The minimum Gasteiger partial charge on any atom is -0.463 e. The molecule has 1 saturated carbocycles. The molecule has 144 valence electrons. The quantitative estimate of drug-likeness (QED) is 0.702. The third-order valence-electron chi connectivity index (χ3n) is 4.80. The molecule has 1 aliphatic carbocycles. The summed E-state index contributed by atoms with van der Waals surface area (Å²) in [7, 11) is 0. The van der Waals surface area contributed by atoms with E-state index in [-0.39, 0.29) is 17.2 Å². The van der Waals surface area contributed by atoms with Crippen molar-refractivity contribution in [1.29, 1.82) is 0 Å². The van der Waals surface area contributed by atoms with Gasteiger partial charge in [0, 0.05) is 16.0 Å². The number of nitrogens with zero attached hydrogens (tertiary/aromatic N) is 2. The SMILES string of the molecule is CC(C(=O)Nc1nn(C(=O)O)c(C2CC2)c1C(C)(C)C)c1cccc(Br)c1. The second-order valence-corrected chi connectivity index (χ2v) is 9.01. The number of rotatable bonds is 4. The summed E-state index contributed by atoms with van der Waals surface area (Å²) in [5.41, 5.74) is 2.05. The zero-order valence-corrected chi connectivity index (χ0v) is 17.5. The van der Waals surface area contributed by atoms with Crippen molar-refractivity contribution in [2.75, 3.05) is 5.32 Å². The van der Waals surface area contributed by atoms with Crippen molar-refractivity contribution in [2.24, 2.45) is 0 Å². The second kappa shape index (κ2) is 7.11. The average Bonchev–Trinajstić information content (AvgIpc) is 3.33. The number of nitrogens with one attached hydrogen (secondary N) is 1. The van der Waals surface area contributed by atoms with Crippen LogP contribution in [-0.2, 0) is 10.2 Å². The van der Waals surface area contributed by atoms with Crippen molar-refractivity contribution >= 4 is 33.7 Å². The van der Waals surface area contributed by atoms with Gasteiger partial charge in [0.15, 0.2) is 5.82 Å². The zero-order chi connectivity index (χ0) is 19.9. The minimum atomic E-state index is -1.12. The van der Waals surface area contributed by atoms with Crippen LogP contribution in [-0.4, -0.2) is 26.9 Å². The molecule has 7 heteroatoms. The van der Waals surface area contributed by atoms with Crippen LogP contribution in [0.2, 0.25) is 0 Å². The highest BCUT2D eigenvalue weighted by Gasteiger charge is 2.38. The van der Waals surface area contributed by atoms with Crippen LogP contribution in [0, 0.1) is 0 Å². The van der Waals surface area contributed by atoms with Crippen molar-refractivity contribution in [2.45, 2.75) is 57.8 Å². The Morgan fingerprint density at radius 3 is 2.52 bits per heavy atom. The lowest BCUT2D eigenvalue weighted by atomic mass is 9.85. The normalized spacial score (nSPS) is 15.4. The highest BCUT2D eigenvalue weighted by molar-refractivity contribution is 9.10. The number of carbonyl (C=O) groups is 2. The summed E-state index contributed by atoms with van der Waals surface area (Å²) in [4.78, 5) is 24.6. The lowest BCUT2D eigenvalue weighted by molar-refractivity contribution is -0.117. The van der Waals surface area contributed by atoms with Crippen LogP contribution in [0.3, 0.4) is 0 Å². The zero-order valence-electron chi connectivity index (χ0n) is 15.9. The molecule has 27 heavy (non-hydrogen) atoms. The second-order valence-electron chi connectivity index (χ2n) is 8.09. The van der Waals surface area contributed by atoms with Crippen molar-refractivity contribution in [3.63, 3.8) is 0 Å². The van der Waals surface area contributed by atoms with Gasteiger partial charge in [0.05, 0.1) is 11.6 Å². The Morgan fingerprint density at radius 1 is 1.33 bits per heavy atom. The number of halogens is 1. The summed E-state index contributed by atoms with van der Waals surface area (Å²) in [6.07, 6.45) is 0.774. The number of aromatic nitrogens is 2. The molecule has 6 nitrogen and oxygen atoms in total. The van der Waals surface area contributed by atoms with E-state index in [1.54, 1.807) is 0 Å². The van der Waals surface area contributed by atoms with E-state index in [9.17, 15) is 14.7 Å². The van der Waals surface area contributed by atoms with E-state index < -0.39 is 12.0 Å². The molecule has 1 aromatic heterocycles. The van der Waals surface area contributed by atoms with Gasteiger partial charge >= 0.3 is 6.09 Å². The topological polar surface area (TPSA) is 84.2 Å². The third-order valence-corrected chi connectivity index (χ3v) is 5.29. The third kappa shape index (κ3) is 4.08. The molecule has 0 radical (unpaired) electrons. The lowest BCUT2D eigenvalue weighted by Gasteiger charge is -2.22. The first-order chi connectivity index (χ1) is 12.6. The first kappa shape index (κ1) is 19.6. The molecular weight excluding hydrogens is 410 g/mol. The van der Waals surface area contributed by atoms with E-state index in [2.05, 4.69) is 26.3 Å². The monoisotopic (exact) mass is 433 g/mol.